The van der Waals surface area contributed by atoms with Gasteiger partial charge < -0.3 is 15.0 Å². The van der Waals surface area contributed by atoms with Gasteiger partial charge in [0.25, 0.3) is 5.91 Å². The Hall–Kier alpha value is -0.610. The first-order valence-corrected chi connectivity index (χ1v) is 7.22. The second-order valence-electron chi connectivity index (χ2n) is 5.42. The summed E-state index contributed by atoms with van der Waals surface area (Å²) in [5.74, 6) is 0.649. The number of carbonyl (C=O) groups is 1. The summed E-state index contributed by atoms with van der Waals surface area (Å²) in [6, 6.07) is 0.338. The summed E-state index contributed by atoms with van der Waals surface area (Å²) in [6.07, 6.45) is 1.72. The zero-order valence-corrected chi connectivity index (χ0v) is 12.2. The molecule has 0 radical (unpaired) electrons. The van der Waals surface area contributed by atoms with E-state index in [1.165, 1.54) is 0 Å². The highest BCUT2D eigenvalue weighted by atomic mass is 16.5. The number of ether oxygens (including phenoxy) is 1. The lowest BCUT2D eigenvalue weighted by Gasteiger charge is -2.36. The second-order valence-corrected chi connectivity index (χ2v) is 5.42. The molecule has 1 atom stereocenters. The van der Waals surface area contributed by atoms with E-state index in [0.717, 1.165) is 25.9 Å². The van der Waals surface area contributed by atoms with Crippen LogP contribution in [0.4, 0.5) is 0 Å². The van der Waals surface area contributed by atoms with E-state index in [1.54, 1.807) is 0 Å². The predicted molar refractivity (Wildman–Crippen MR) is 73.5 cm³/mol. The third-order valence-electron chi connectivity index (χ3n) is 3.43. The van der Waals surface area contributed by atoms with E-state index in [4.69, 9.17) is 4.74 Å². The molecule has 1 aliphatic heterocycles. The van der Waals surface area contributed by atoms with E-state index in [9.17, 15) is 4.79 Å². The fraction of sp³-hybridized carbons (Fsp3) is 0.929. The van der Waals surface area contributed by atoms with Crippen molar-refractivity contribution in [1.82, 2.24) is 10.2 Å². The SMILES string of the molecule is CCC(CC)N(CC(C)C)C(=O)C1CNCCO1. The van der Waals surface area contributed by atoms with Crippen molar-refractivity contribution in [3.8, 4) is 0 Å². The van der Waals surface area contributed by atoms with E-state index in [0.29, 0.717) is 25.1 Å². The van der Waals surface area contributed by atoms with Gasteiger partial charge in [0.2, 0.25) is 0 Å². The molecule has 0 saturated carbocycles. The van der Waals surface area contributed by atoms with Crippen molar-refractivity contribution < 1.29 is 9.53 Å². The van der Waals surface area contributed by atoms with Gasteiger partial charge in [-0.25, -0.2) is 0 Å². The molecule has 1 rings (SSSR count). The van der Waals surface area contributed by atoms with Gasteiger partial charge in [-0.15, -0.1) is 0 Å². The molecule has 1 saturated heterocycles. The molecule has 1 unspecified atom stereocenters. The van der Waals surface area contributed by atoms with Crippen LogP contribution in [0.1, 0.15) is 40.5 Å². The first-order chi connectivity index (χ1) is 8.60. The van der Waals surface area contributed by atoms with Crippen LogP contribution < -0.4 is 5.32 Å². The molecule has 0 bridgehead atoms. The number of nitrogens with zero attached hydrogens (tertiary/aromatic N) is 1. The van der Waals surface area contributed by atoms with Crippen molar-refractivity contribution in [3.05, 3.63) is 0 Å². The van der Waals surface area contributed by atoms with Gasteiger partial charge in [0, 0.05) is 25.7 Å². The maximum absolute atomic E-state index is 12.6. The van der Waals surface area contributed by atoms with Crippen molar-refractivity contribution >= 4 is 5.91 Å². The van der Waals surface area contributed by atoms with E-state index in [-0.39, 0.29) is 12.0 Å². The number of morpholine rings is 1. The largest absolute Gasteiger partial charge is 0.366 e. The Kier molecular flexibility index (Phi) is 6.65. The van der Waals surface area contributed by atoms with Gasteiger partial charge in [-0.1, -0.05) is 27.7 Å². The summed E-state index contributed by atoms with van der Waals surface area (Å²) >= 11 is 0. The molecule has 1 amide bonds. The summed E-state index contributed by atoms with van der Waals surface area (Å²) in [6.45, 7) is 11.6. The third-order valence-corrected chi connectivity index (χ3v) is 3.43. The topological polar surface area (TPSA) is 41.6 Å². The van der Waals surface area contributed by atoms with Crippen molar-refractivity contribution in [1.29, 1.82) is 0 Å². The second kappa shape index (κ2) is 7.74. The summed E-state index contributed by atoms with van der Waals surface area (Å²) in [7, 11) is 0. The molecule has 106 valence electrons. The Bertz CT molecular complexity index is 246. The Morgan fingerprint density at radius 1 is 1.39 bits per heavy atom. The molecule has 1 aliphatic rings. The lowest BCUT2D eigenvalue weighted by Crippen LogP contribution is -2.53. The van der Waals surface area contributed by atoms with E-state index in [1.807, 2.05) is 4.90 Å². The van der Waals surface area contributed by atoms with Crippen molar-refractivity contribution in [2.75, 3.05) is 26.2 Å². The van der Waals surface area contributed by atoms with Crippen molar-refractivity contribution in [2.45, 2.75) is 52.7 Å². The van der Waals surface area contributed by atoms with E-state index >= 15 is 0 Å². The molecule has 0 aromatic carbocycles. The Labute approximate surface area is 111 Å². The predicted octanol–water partition coefficient (Wildman–Crippen LogP) is 1.65. The highest BCUT2D eigenvalue weighted by molar-refractivity contribution is 5.81. The quantitative estimate of drug-likeness (QED) is 0.785. The van der Waals surface area contributed by atoms with Crippen LogP contribution in [-0.2, 0) is 9.53 Å². The van der Waals surface area contributed by atoms with Crippen LogP contribution in [0.3, 0.4) is 0 Å². The summed E-state index contributed by atoms with van der Waals surface area (Å²) < 4.78 is 5.59. The molecule has 0 aromatic heterocycles. The van der Waals surface area contributed by atoms with Crippen LogP contribution in [0.15, 0.2) is 0 Å². The number of rotatable bonds is 6. The zero-order valence-electron chi connectivity index (χ0n) is 12.2. The fourth-order valence-corrected chi connectivity index (χ4v) is 2.45. The molecule has 4 nitrogen and oxygen atoms in total. The standard InChI is InChI=1S/C14H28N2O2/c1-5-12(6-2)16(10-11(3)4)14(17)13-9-15-7-8-18-13/h11-13,15H,5-10H2,1-4H3. The minimum absolute atomic E-state index is 0.157. The smallest absolute Gasteiger partial charge is 0.253 e. The van der Waals surface area contributed by atoms with Crippen molar-refractivity contribution in [3.63, 3.8) is 0 Å². The first-order valence-electron chi connectivity index (χ1n) is 7.22. The molecule has 4 heteroatoms. The Morgan fingerprint density at radius 3 is 2.50 bits per heavy atom. The van der Waals surface area contributed by atoms with Gasteiger partial charge >= 0.3 is 0 Å². The van der Waals surface area contributed by atoms with Gasteiger partial charge in [-0.3, -0.25) is 4.79 Å². The molecule has 1 N–H and O–H groups in total. The third kappa shape index (κ3) is 4.25. The number of amides is 1. The molecular formula is C14H28N2O2. The van der Waals surface area contributed by atoms with E-state index < -0.39 is 0 Å². The average molecular weight is 256 g/mol. The number of nitrogens with one attached hydrogen (secondary N) is 1. The Balaban J connectivity index is 2.70. The van der Waals surface area contributed by atoms with Gasteiger partial charge in [-0.2, -0.15) is 0 Å². The van der Waals surface area contributed by atoms with Crippen LogP contribution in [0.25, 0.3) is 0 Å². The first kappa shape index (κ1) is 15.4. The fourth-order valence-electron chi connectivity index (χ4n) is 2.45. The van der Waals surface area contributed by atoms with Crippen LogP contribution in [-0.4, -0.2) is 49.2 Å². The highest BCUT2D eigenvalue weighted by Crippen LogP contribution is 2.14. The number of hydrogen-bond donors (Lipinski definition) is 1. The number of hydrogen-bond acceptors (Lipinski definition) is 3. The lowest BCUT2D eigenvalue weighted by atomic mass is 10.1. The normalized spacial score (nSPS) is 20.4. The monoisotopic (exact) mass is 256 g/mol. The average Bonchev–Trinajstić information content (AvgIpc) is 2.38. The molecule has 0 aromatic rings. The maximum Gasteiger partial charge on any atom is 0.253 e. The van der Waals surface area contributed by atoms with Gasteiger partial charge in [0.05, 0.1) is 6.61 Å². The minimum atomic E-state index is -0.293. The molecule has 18 heavy (non-hydrogen) atoms. The van der Waals surface area contributed by atoms with Gasteiger partial charge in [0.15, 0.2) is 0 Å². The van der Waals surface area contributed by atoms with Crippen LogP contribution in [0, 0.1) is 5.92 Å². The van der Waals surface area contributed by atoms with Crippen LogP contribution in [0.2, 0.25) is 0 Å². The van der Waals surface area contributed by atoms with E-state index in [2.05, 4.69) is 33.0 Å². The van der Waals surface area contributed by atoms with Crippen molar-refractivity contribution in [2.24, 2.45) is 5.92 Å². The zero-order chi connectivity index (χ0) is 13.5. The maximum atomic E-state index is 12.6. The molecule has 0 spiro atoms. The Morgan fingerprint density at radius 2 is 2.06 bits per heavy atom. The molecular weight excluding hydrogens is 228 g/mol. The summed E-state index contributed by atoms with van der Waals surface area (Å²) in [5, 5.41) is 3.23. The molecule has 1 fully saturated rings. The van der Waals surface area contributed by atoms with Crippen LogP contribution >= 0.6 is 0 Å². The van der Waals surface area contributed by atoms with Gasteiger partial charge in [0.1, 0.15) is 6.10 Å². The molecule has 1 heterocycles. The van der Waals surface area contributed by atoms with Gasteiger partial charge in [-0.05, 0) is 18.8 Å². The minimum Gasteiger partial charge on any atom is -0.366 e. The summed E-state index contributed by atoms with van der Waals surface area (Å²) in [5.41, 5.74) is 0. The highest BCUT2D eigenvalue weighted by Gasteiger charge is 2.30. The number of carbonyl (C=O) groups excluding carboxylic acids is 1. The summed E-state index contributed by atoms with van der Waals surface area (Å²) in [4.78, 5) is 14.6. The lowest BCUT2D eigenvalue weighted by molar-refractivity contribution is -0.148. The van der Waals surface area contributed by atoms with Crippen LogP contribution in [0.5, 0.6) is 0 Å². The molecule has 0 aliphatic carbocycles.